The molecule has 1 N–H and O–H groups in total. The van der Waals surface area contributed by atoms with E-state index in [1.807, 2.05) is 6.07 Å². The van der Waals surface area contributed by atoms with Gasteiger partial charge in [0, 0.05) is 23.0 Å². The molecule has 1 saturated carbocycles. The van der Waals surface area contributed by atoms with Crippen molar-refractivity contribution >= 4 is 11.3 Å². The van der Waals surface area contributed by atoms with Gasteiger partial charge in [-0.2, -0.15) is 0 Å². The first-order chi connectivity index (χ1) is 7.31. The highest BCUT2D eigenvalue weighted by Gasteiger charge is 2.26. The second-order valence-electron chi connectivity index (χ2n) is 3.86. The Balaban J connectivity index is 2.03. The molecule has 0 bridgehead atoms. The minimum atomic E-state index is -0.0618. The van der Waals surface area contributed by atoms with Gasteiger partial charge in [-0.1, -0.05) is 11.8 Å². The average Bonchev–Trinajstić information content (AvgIpc) is 2.99. The van der Waals surface area contributed by atoms with Crippen molar-refractivity contribution in [1.82, 2.24) is 4.90 Å². The molecule has 1 aliphatic carbocycles. The SMILES string of the molecule is CN(Cc1sccc1C#CCO)C1CC1. The van der Waals surface area contributed by atoms with E-state index in [1.54, 1.807) is 11.3 Å². The largest absolute Gasteiger partial charge is 0.384 e. The Morgan fingerprint density at radius 2 is 2.40 bits per heavy atom. The van der Waals surface area contributed by atoms with E-state index in [9.17, 15) is 0 Å². The molecule has 0 atom stereocenters. The standard InChI is InChI=1S/C12H15NOS/c1-13(11-4-5-11)9-12-10(3-2-7-14)6-8-15-12/h6,8,11,14H,4-5,7,9H2,1H3. The van der Waals surface area contributed by atoms with Crippen LogP contribution >= 0.6 is 11.3 Å². The molecule has 0 spiro atoms. The van der Waals surface area contributed by atoms with Crippen LogP contribution in [0, 0.1) is 11.8 Å². The summed E-state index contributed by atoms with van der Waals surface area (Å²) in [6, 6.07) is 2.81. The minimum Gasteiger partial charge on any atom is -0.384 e. The Labute approximate surface area is 94.5 Å². The van der Waals surface area contributed by atoms with Crippen molar-refractivity contribution in [2.24, 2.45) is 0 Å². The van der Waals surface area contributed by atoms with E-state index in [1.165, 1.54) is 17.7 Å². The first-order valence-electron chi connectivity index (χ1n) is 5.17. The quantitative estimate of drug-likeness (QED) is 0.785. The number of hydrogen-bond donors (Lipinski definition) is 1. The molecule has 80 valence electrons. The Hall–Kier alpha value is -0.820. The van der Waals surface area contributed by atoms with Crippen LogP contribution in [0.15, 0.2) is 11.4 Å². The van der Waals surface area contributed by atoms with Gasteiger partial charge in [-0.3, -0.25) is 4.90 Å². The molecule has 1 aromatic rings. The van der Waals surface area contributed by atoms with E-state index in [0.717, 1.165) is 18.2 Å². The summed E-state index contributed by atoms with van der Waals surface area (Å²) in [4.78, 5) is 3.70. The monoisotopic (exact) mass is 221 g/mol. The van der Waals surface area contributed by atoms with Crippen molar-refractivity contribution in [3.05, 3.63) is 21.9 Å². The van der Waals surface area contributed by atoms with Crippen LogP contribution in [0.25, 0.3) is 0 Å². The maximum absolute atomic E-state index is 8.66. The molecular formula is C12H15NOS. The molecule has 2 nitrogen and oxygen atoms in total. The topological polar surface area (TPSA) is 23.5 Å². The summed E-state index contributed by atoms with van der Waals surface area (Å²) >= 11 is 1.75. The highest BCUT2D eigenvalue weighted by Crippen LogP contribution is 2.28. The van der Waals surface area contributed by atoms with Crippen molar-refractivity contribution in [3.8, 4) is 11.8 Å². The first kappa shape index (κ1) is 10.7. The van der Waals surface area contributed by atoms with E-state index in [0.29, 0.717) is 0 Å². The van der Waals surface area contributed by atoms with Crippen LogP contribution in [0.4, 0.5) is 0 Å². The fourth-order valence-electron chi connectivity index (χ4n) is 1.58. The maximum Gasteiger partial charge on any atom is 0.104 e. The summed E-state index contributed by atoms with van der Waals surface area (Å²) in [5.41, 5.74) is 1.07. The van der Waals surface area contributed by atoms with Crippen molar-refractivity contribution in [2.75, 3.05) is 13.7 Å². The second kappa shape index (κ2) is 4.80. The maximum atomic E-state index is 8.66. The minimum absolute atomic E-state index is 0.0618. The van der Waals surface area contributed by atoms with Gasteiger partial charge in [0.1, 0.15) is 6.61 Å². The fraction of sp³-hybridized carbons (Fsp3) is 0.500. The lowest BCUT2D eigenvalue weighted by atomic mass is 10.2. The molecule has 1 aromatic heterocycles. The molecule has 1 aliphatic rings. The molecule has 0 radical (unpaired) electrons. The Morgan fingerprint density at radius 1 is 1.60 bits per heavy atom. The Morgan fingerprint density at radius 3 is 3.07 bits per heavy atom. The number of nitrogens with zero attached hydrogens (tertiary/aromatic N) is 1. The number of thiophene rings is 1. The van der Waals surface area contributed by atoms with Gasteiger partial charge in [0.2, 0.25) is 0 Å². The van der Waals surface area contributed by atoms with Gasteiger partial charge in [0.15, 0.2) is 0 Å². The molecule has 1 fully saturated rings. The molecule has 0 aliphatic heterocycles. The molecule has 0 amide bonds. The van der Waals surface area contributed by atoms with Crippen LogP contribution in [0.5, 0.6) is 0 Å². The van der Waals surface area contributed by atoms with Crippen LogP contribution in [0.2, 0.25) is 0 Å². The van der Waals surface area contributed by atoms with Crippen molar-refractivity contribution in [2.45, 2.75) is 25.4 Å². The summed E-state index contributed by atoms with van der Waals surface area (Å²) < 4.78 is 0. The van der Waals surface area contributed by atoms with Gasteiger partial charge >= 0.3 is 0 Å². The number of aliphatic hydroxyl groups excluding tert-OH is 1. The fourth-order valence-corrected chi connectivity index (χ4v) is 2.47. The molecule has 3 heteroatoms. The normalized spacial score (nSPS) is 15.1. The molecule has 15 heavy (non-hydrogen) atoms. The molecule has 0 aromatic carbocycles. The van der Waals surface area contributed by atoms with E-state index >= 15 is 0 Å². The Bertz CT molecular complexity index is 384. The van der Waals surface area contributed by atoms with Crippen molar-refractivity contribution < 1.29 is 5.11 Å². The third-order valence-corrected chi connectivity index (χ3v) is 3.52. The third-order valence-electron chi connectivity index (χ3n) is 2.61. The zero-order valence-electron chi connectivity index (χ0n) is 8.86. The van der Waals surface area contributed by atoms with Gasteiger partial charge in [0.25, 0.3) is 0 Å². The predicted octanol–water partition coefficient (Wildman–Crippen LogP) is 1.69. The second-order valence-corrected chi connectivity index (χ2v) is 4.86. The lowest BCUT2D eigenvalue weighted by molar-refractivity contribution is 0.319. The van der Waals surface area contributed by atoms with E-state index in [4.69, 9.17) is 5.11 Å². The van der Waals surface area contributed by atoms with Gasteiger partial charge in [0.05, 0.1) is 0 Å². The average molecular weight is 221 g/mol. The predicted molar refractivity (Wildman–Crippen MR) is 62.8 cm³/mol. The summed E-state index contributed by atoms with van der Waals surface area (Å²) in [5.74, 6) is 5.69. The zero-order chi connectivity index (χ0) is 10.7. The van der Waals surface area contributed by atoms with Gasteiger partial charge < -0.3 is 5.11 Å². The molecule has 2 rings (SSSR count). The van der Waals surface area contributed by atoms with E-state index in [-0.39, 0.29) is 6.61 Å². The van der Waals surface area contributed by atoms with Gasteiger partial charge in [-0.05, 0) is 31.3 Å². The zero-order valence-corrected chi connectivity index (χ0v) is 9.68. The molecule has 0 unspecified atom stereocenters. The highest BCUT2D eigenvalue weighted by molar-refractivity contribution is 7.10. The smallest absolute Gasteiger partial charge is 0.104 e. The molecular weight excluding hydrogens is 206 g/mol. The molecule has 0 saturated heterocycles. The van der Waals surface area contributed by atoms with Crippen molar-refractivity contribution in [1.29, 1.82) is 0 Å². The summed E-state index contributed by atoms with van der Waals surface area (Å²) in [6.45, 7) is 0.922. The summed E-state index contributed by atoms with van der Waals surface area (Å²) in [5, 5.41) is 10.7. The van der Waals surface area contributed by atoms with Gasteiger partial charge in [-0.25, -0.2) is 0 Å². The summed E-state index contributed by atoms with van der Waals surface area (Å²) in [7, 11) is 2.17. The lowest BCUT2D eigenvalue weighted by Gasteiger charge is -2.14. The van der Waals surface area contributed by atoms with Crippen molar-refractivity contribution in [3.63, 3.8) is 0 Å². The van der Waals surface area contributed by atoms with Crippen LogP contribution in [0.1, 0.15) is 23.3 Å². The van der Waals surface area contributed by atoms with Crippen LogP contribution in [0.3, 0.4) is 0 Å². The number of hydrogen-bond acceptors (Lipinski definition) is 3. The van der Waals surface area contributed by atoms with E-state index < -0.39 is 0 Å². The highest BCUT2D eigenvalue weighted by atomic mass is 32.1. The first-order valence-corrected chi connectivity index (χ1v) is 6.05. The third kappa shape index (κ3) is 2.82. The molecule has 1 heterocycles. The van der Waals surface area contributed by atoms with Crippen LogP contribution < -0.4 is 0 Å². The van der Waals surface area contributed by atoms with Gasteiger partial charge in [-0.15, -0.1) is 11.3 Å². The van der Waals surface area contributed by atoms with E-state index in [2.05, 4.69) is 29.2 Å². The summed E-state index contributed by atoms with van der Waals surface area (Å²) in [6.07, 6.45) is 2.67. The number of aliphatic hydroxyl groups is 1. The lowest BCUT2D eigenvalue weighted by Crippen LogP contribution is -2.19. The van der Waals surface area contributed by atoms with Crippen LogP contribution in [-0.2, 0) is 6.54 Å². The Kier molecular flexibility index (Phi) is 3.42. The number of rotatable bonds is 3. The van der Waals surface area contributed by atoms with Crippen LogP contribution in [-0.4, -0.2) is 29.7 Å².